The third kappa shape index (κ3) is 2.60. The van der Waals surface area contributed by atoms with Crippen LogP contribution in [0.1, 0.15) is 12.8 Å². The smallest absolute Gasteiger partial charge is 0.227 e. The molecule has 7 heteroatoms. The molecule has 138 valence electrons. The number of amides is 1. The maximum absolute atomic E-state index is 12.3. The van der Waals surface area contributed by atoms with Crippen LogP contribution < -0.4 is 10.6 Å². The van der Waals surface area contributed by atoms with Gasteiger partial charge in [0.05, 0.1) is 28.2 Å². The number of aromatic nitrogens is 4. The molecule has 5 rings (SSSR count). The van der Waals surface area contributed by atoms with Crippen molar-refractivity contribution in [1.29, 1.82) is 0 Å². The number of hydrogen-bond donors (Lipinski definition) is 2. The lowest BCUT2D eigenvalue weighted by atomic mass is 10.0. The molecule has 3 N–H and O–H groups in total. The fraction of sp³-hybridized carbons (Fsp3) is 0.143. The number of fused-ring (bicyclic) bond motifs is 1. The second-order valence-corrected chi connectivity index (χ2v) is 6.76. The lowest BCUT2D eigenvalue weighted by molar-refractivity contribution is -0.117. The molecule has 0 unspecified atom stereocenters. The molecule has 0 atom stereocenters. The topological polar surface area (TPSA) is 101 Å². The maximum atomic E-state index is 12.3. The number of anilines is 2. The van der Waals surface area contributed by atoms with Gasteiger partial charge in [-0.05, 0) is 36.8 Å². The van der Waals surface area contributed by atoms with Crippen LogP contribution in [0.4, 0.5) is 11.5 Å². The van der Waals surface area contributed by atoms with Crippen LogP contribution in [0, 0.1) is 0 Å². The summed E-state index contributed by atoms with van der Waals surface area (Å²) in [4.78, 5) is 30.9. The van der Waals surface area contributed by atoms with E-state index in [0.29, 0.717) is 18.8 Å². The number of nitrogens with one attached hydrogen (secondary N) is 1. The van der Waals surface area contributed by atoms with E-state index in [2.05, 4.69) is 19.9 Å². The van der Waals surface area contributed by atoms with E-state index in [0.717, 1.165) is 45.7 Å². The monoisotopic (exact) mass is 370 g/mol. The highest BCUT2D eigenvalue weighted by Gasteiger charge is 2.26. The van der Waals surface area contributed by atoms with E-state index in [4.69, 9.17) is 5.73 Å². The summed E-state index contributed by atoms with van der Waals surface area (Å²) in [5.74, 6) is 0.572. The van der Waals surface area contributed by atoms with Crippen LogP contribution in [0.25, 0.3) is 33.5 Å². The van der Waals surface area contributed by atoms with E-state index < -0.39 is 0 Å². The first kappa shape index (κ1) is 16.4. The zero-order valence-corrected chi connectivity index (χ0v) is 15.1. The van der Waals surface area contributed by atoms with Crippen LogP contribution in [0.3, 0.4) is 0 Å². The number of aromatic amines is 1. The summed E-state index contributed by atoms with van der Waals surface area (Å²) < 4.78 is 0. The van der Waals surface area contributed by atoms with Crippen molar-refractivity contribution >= 4 is 28.4 Å². The minimum absolute atomic E-state index is 0.135. The molecule has 1 aliphatic heterocycles. The Morgan fingerprint density at radius 3 is 2.68 bits per heavy atom. The predicted octanol–water partition coefficient (Wildman–Crippen LogP) is 3.40. The zero-order valence-electron chi connectivity index (χ0n) is 15.1. The molecule has 0 bridgehead atoms. The predicted molar refractivity (Wildman–Crippen MR) is 109 cm³/mol. The number of hydrogen-bond acceptors (Lipinski definition) is 5. The van der Waals surface area contributed by atoms with Crippen LogP contribution in [-0.2, 0) is 4.79 Å². The van der Waals surface area contributed by atoms with Crippen molar-refractivity contribution in [2.45, 2.75) is 12.8 Å². The molecule has 0 aromatic carbocycles. The summed E-state index contributed by atoms with van der Waals surface area (Å²) in [5.41, 5.74) is 11.8. The van der Waals surface area contributed by atoms with E-state index >= 15 is 0 Å². The second kappa shape index (κ2) is 6.45. The lowest BCUT2D eigenvalue weighted by Crippen LogP contribution is -2.23. The number of carbonyl (C=O) groups excluding carboxylic acids is 1. The van der Waals surface area contributed by atoms with Gasteiger partial charge in [-0.2, -0.15) is 0 Å². The zero-order chi connectivity index (χ0) is 19.1. The molecule has 4 aromatic rings. The van der Waals surface area contributed by atoms with E-state index in [1.54, 1.807) is 18.6 Å². The summed E-state index contributed by atoms with van der Waals surface area (Å²) in [6.07, 6.45) is 6.62. The van der Waals surface area contributed by atoms with Gasteiger partial charge in [0.15, 0.2) is 0 Å². The van der Waals surface area contributed by atoms with E-state index in [9.17, 15) is 4.79 Å². The number of nitrogen functional groups attached to an aromatic ring is 1. The highest BCUT2D eigenvalue weighted by molar-refractivity contribution is 6.09. The molecule has 5 heterocycles. The first-order chi connectivity index (χ1) is 13.7. The average molecular weight is 370 g/mol. The van der Waals surface area contributed by atoms with Gasteiger partial charge in [0, 0.05) is 37.1 Å². The van der Waals surface area contributed by atoms with Crippen molar-refractivity contribution in [3.8, 4) is 22.5 Å². The third-order valence-electron chi connectivity index (χ3n) is 5.02. The van der Waals surface area contributed by atoms with Gasteiger partial charge in [-0.3, -0.25) is 14.8 Å². The van der Waals surface area contributed by atoms with Crippen molar-refractivity contribution in [2.75, 3.05) is 17.2 Å². The van der Waals surface area contributed by atoms with Crippen LogP contribution in [-0.4, -0.2) is 32.4 Å². The van der Waals surface area contributed by atoms with Crippen molar-refractivity contribution < 1.29 is 4.79 Å². The number of nitrogens with zero attached hydrogens (tertiary/aromatic N) is 4. The molecule has 1 saturated heterocycles. The minimum atomic E-state index is 0.135. The fourth-order valence-corrected chi connectivity index (χ4v) is 3.78. The Morgan fingerprint density at radius 1 is 1.04 bits per heavy atom. The van der Waals surface area contributed by atoms with Crippen LogP contribution >= 0.6 is 0 Å². The third-order valence-corrected chi connectivity index (χ3v) is 5.02. The molecule has 0 aliphatic carbocycles. The summed E-state index contributed by atoms with van der Waals surface area (Å²) in [6, 6.07) is 11.4. The normalized spacial score (nSPS) is 14.1. The standard InChI is InChI=1S/C21H18N6O/c22-16-12-13(6-9-24-16)19-18(14-4-1-2-8-23-14)21-20(26-19)15(7-10-25-21)27-11-3-5-17(27)28/h1-2,4,6-10,12,26H,3,5,11H2,(H2,22,24). The lowest BCUT2D eigenvalue weighted by Gasteiger charge is -2.16. The van der Waals surface area contributed by atoms with Crippen molar-refractivity contribution in [3.05, 3.63) is 55.0 Å². The molecule has 7 nitrogen and oxygen atoms in total. The van der Waals surface area contributed by atoms with Crippen LogP contribution in [0.15, 0.2) is 55.0 Å². The Labute approximate surface area is 161 Å². The highest BCUT2D eigenvalue weighted by Crippen LogP contribution is 2.40. The molecule has 0 radical (unpaired) electrons. The van der Waals surface area contributed by atoms with Gasteiger partial charge >= 0.3 is 0 Å². The average Bonchev–Trinajstić information content (AvgIpc) is 3.32. The van der Waals surface area contributed by atoms with E-state index in [1.165, 1.54) is 0 Å². The summed E-state index contributed by atoms with van der Waals surface area (Å²) >= 11 is 0. The molecular formula is C21H18N6O. The SMILES string of the molecule is Nc1cc(-c2[nH]c3c(N4CCCC4=O)ccnc3c2-c2ccccn2)ccn1. The quantitative estimate of drug-likeness (QED) is 0.576. The molecule has 1 amide bonds. The van der Waals surface area contributed by atoms with Crippen LogP contribution in [0.5, 0.6) is 0 Å². The fourth-order valence-electron chi connectivity index (χ4n) is 3.78. The van der Waals surface area contributed by atoms with E-state index in [1.807, 2.05) is 41.3 Å². The van der Waals surface area contributed by atoms with Crippen molar-refractivity contribution in [1.82, 2.24) is 19.9 Å². The Balaban J connectivity index is 1.82. The Bertz CT molecular complexity index is 1180. The molecule has 4 aromatic heterocycles. The largest absolute Gasteiger partial charge is 0.384 e. The maximum Gasteiger partial charge on any atom is 0.227 e. The highest BCUT2D eigenvalue weighted by atomic mass is 16.2. The first-order valence-corrected chi connectivity index (χ1v) is 9.17. The Kier molecular flexibility index (Phi) is 3.79. The van der Waals surface area contributed by atoms with Gasteiger partial charge in [-0.25, -0.2) is 4.98 Å². The first-order valence-electron chi connectivity index (χ1n) is 9.17. The second-order valence-electron chi connectivity index (χ2n) is 6.76. The van der Waals surface area contributed by atoms with Gasteiger partial charge in [-0.1, -0.05) is 6.07 Å². The van der Waals surface area contributed by atoms with Crippen molar-refractivity contribution in [3.63, 3.8) is 0 Å². The summed E-state index contributed by atoms with van der Waals surface area (Å²) in [7, 11) is 0. The van der Waals surface area contributed by atoms with Gasteiger partial charge in [0.25, 0.3) is 0 Å². The number of pyridine rings is 3. The molecule has 1 aliphatic rings. The molecule has 28 heavy (non-hydrogen) atoms. The molecule has 1 fully saturated rings. The van der Waals surface area contributed by atoms with Gasteiger partial charge in [0.1, 0.15) is 11.3 Å². The summed E-state index contributed by atoms with van der Waals surface area (Å²) in [5, 5.41) is 0. The number of rotatable bonds is 3. The molecule has 0 spiro atoms. The van der Waals surface area contributed by atoms with Gasteiger partial charge < -0.3 is 15.6 Å². The van der Waals surface area contributed by atoms with E-state index in [-0.39, 0.29) is 5.91 Å². The van der Waals surface area contributed by atoms with Gasteiger partial charge in [-0.15, -0.1) is 0 Å². The number of nitrogens with two attached hydrogens (primary N) is 1. The Hall–Kier alpha value is -3.74. The van der Waals surface area contributed by atoms with Crippen LogP contribution in [0.2, 0.25) is 0 Å². The van der Waals surface area contributed by atoms with Gasteiger partial charge in [0.2, 0.25) is 5.91 Å². The number of H-pyrrole nitrogens is 1. The molecule has 0 saturated carbocycles. The minimum Gasteiger partial charge on any atom is -0.384 e. The summed E-state index contributed by atoms with van der Waals surface area (Å²) in [6.45, 7) is 0.716. The Morgan fingerprint density at radius 2 is 1.93 bits per heavy atom. The molecular weight excluding hydrogens is 352 g/mol. The van der Waals surface area contributed by atoms with Crippen molar-refractivity contribution in [2.24, 2.45) is 0 Å². The number of carbonyl (C=O) groups is 1.